The molecule has 2 heterocycles. The van der Waals surface area contributed by atoms with Crippen molar-refractivity contribution in [3.05, 3.63) is 29.3 Å². The predicted octanol–water partition coefficient (Wildman–Crippen LogP) is 2.38. The highest BCUT2D eigenvalue weighted by Gasteiger charge is 2.29. The first kappa shape index (κ1) is 14.9. The maximum Gasteiger partial charge on any atom is 0.259 e. The minimum absolute atomic E-state index is 0.0823. The number of pyridine rings is 1. The second kappa shape index (κ2) is 5.87. The lowest BCUT2D eigenvalue weighted by Gasteiger charge is -2.21. The molecule has 0 aromatic carbocycles. The summed E-state index contributed by atoms with van der Waals surface area (Å²) >= 11 is 6.04. The van der Waals surface area contributed by atoms with Crippen LogP contribution in [-0.2, 0) is 10.3 Å². The van der Waals surface area contributed by atoms with E-state index in [0.29, 0.717) is 28.9 Å². The fraction of sp³-hybridized carbons (Fsp3) is 0.462. The van der Waals surface area contributed by atoms with Crippen LogP contribution in [0.3, 0.4) is 0 Å². The van der Waals surface area contributed by atoms with E-state index in [4.69, 9.17) is 26.6 Å². The quantitative estimate of drug-likeness (QED) is 0.911. The maximum absolute atomic E-state index is 6.16. The van der Waals surface area contributed by atoms with Gasteiger partial charge in [0.25, 0.3) is 5.89 Å². The lowest BCUT2D eigenvalue weighted by Crippen LogP contribution is -2.40. The summed E-state index contributed by atoms with van der Waals surface area (Å²) in [6.45, 7) is 5.97. The Labute approximate surface area is 122 Å². The van der Waals surface area contributed by atoms with Crippen molar-refractivity contribution in [2.24, 2.45) is 5.73 Å². The smallest absolute Gasteiger partial charge is 0.259 e. The van der Waals surface area contributed by atoms with Crippen LogP contribution in [-0.4, -0.2) is 27.8 Å². The van der Waals surface area contributed by atoms with Crippen LogP contribution >= 0.6 is 11.6 Å². The highest BCUT2D eigenvalue weighted by molar-refractivity contribution is 6.32. The molecule has 2 rings (SSSR count). The van der Waals surface area contributed by atoms with E-state index in [2.05, 4.69) is 15.1 Å². The summed E-state index contributed by atoms with van der Waals surface area (Å²) in [6, 6.07) is 1.71. The van der Waals surface area contributed by atoms with E-state index in [1.54, 1.807) is 19.2 Å². The molecule has 0 bridgehead atoms. The highest BCUT2D eigenvalue weighted by atomic mass is 35.5. The van der Waals surface area contributed by atoms with Crippen LogP contribution in [0.4, 0.5) is 0 Å². The van der Waals surface area contributed by atoms with Crippen molar-refractivity contribution in [2.75, 3.05) is 6.61 Å². The third kappa shape index (κ3) is 3.33. The van der Waals surface area contributed by atoms with E-state index in [1.807, 2.05) is 13.8 Å². The lowest BCUT2D eigenvalue weighted by atomic mass is 10.1. The van der Waals surface area contributed by atoms with Crippen molar-refractivity contribution < 1.29 is 9.26 Å². The molecule has 0 saturated carbocycles. The molecule has 2 aromatic rings. The van der Waals surface area contributed by atoms with Crippen LogP contribution in [0.15, 0.2) is 23.0 Å². The molecule has 0 radical (unpaired) electrons. The molecule has 0 aliphatic carbocycles. The molecule has 2 aromatic heterocycles. The first-order valence-electron chi connectivity index (χ1n) is 6.24. The largest absolute Gasteiger partial charge is 0.376 e. The SMILES string of the molecule is CC(C)OCC(C)(N)c1noc(-c2ccncc2Cl)n1. The zero-order valence-corrected chi connectivity index (χ0v) is 12.4. The summed E-state index contributed by atoms with van der Waals surface area (Å²) in [5.41, 5.74) is 5.96. The third-order valence-electron chi connectivity index (χ3n) is 2.66. The molecular formula is C13H17ClN4O2. The Morgan fingerprint density at radius 1 is 1.50 bits per heavy atom. The summed E-state index contributed by atoms with van der Waals surface area (Å²) < 4.78 is 10.7. The van der Waals surface area contributed by atoms with Crippen molar-refractivity contribution in [3.8, 4) is 11.5 Å². The number of hydrogen-bond acceptors (Lipinski definition) is 6. The van der Waals surface area contributed by atoms with Crippen molar-refractivity contribution >= 4 is 11.6 Å². The van der Waals surface area contributed by atoms with E-state index in [1.165, 1.54) is 6.20 Å². The Balaban J connectivity index is 2.22. The van der Waals surface area contributed by atoms with Gasteiger partial charge in [0.05, 0.1) is 23.3 Å². The molecule has 2 N–H and O–H groups in total. The van der Waals surface area contributed by atoms with E-state index >= 15 is 0 Å². The van der Waals surface area contributed by atoms with Gasteiger partial charge in [-0.15, -0.1) is 0 Å². The summed E-state index contributed by atoms with van der Waals surface area (Å²) in [5.74, 6) is 0.689. The van der Waals surface area contributed by atoms with Gasteiger partial charge in [0.2, 0.25) is 0 Å². The average Bonchev–Trinajstić information content (AvgIpc) is 2.87. The number of nitrogens with two attached hydrogens (primary N) is 1. The Hall–Kier alpha value is -1.50. The number of rotatable bonds is 5. The van der Waals surface area contributed by atoms with Gasteiger partial charge in [-0.25, -0.2) is 0 Å². The minimum Gasteiger partial charge on any atom is -0.376 e. The summed E-state index contributed by atoms with van der Waals surface area (Å²) in [6.07, 6.45) is 3.21. The van der Waals surface area contributed by atoms with Crippen LogP contribution in [0.5, 0.6) is 0 Å². The monoisotopic (exact) mass is 296 g/mol. The standard InChI is InChI=1S/C13H17ClN4O2/c1-8(2)19-7-13(3,15)12-17-11(20-18-12)9-4-5-16-6-10(9)14/h4-6,8H,7,15H2,1-3H3. The Morgan fingerprint density at radius 3 is 2.90 bits per heavy atom. The molecule has 1 atom stereocenters. The van der Waals surface area contributed by atoms with Crippen LogP contribution in [0.25, 0.3) is 11.5 Å². The molecule has 6 nitrogen and oxygen atoms in total. The average molecular weight is 297 g/mol. The molecule has 0 spiro atoms. The van der Waals surface area contributed by atoms with Gasteiger partial charge in [0, 0.05) is 12.4 Å². The van der Waals surface area contributed by atoms with E-state index in [9.17, 15) is 0 Å². The van der Waals surface area contributed by atoms with Gasteiger partial charge in [-0.3, -0.25) is 4.98 Å². The number of hydrogen-bond donors (Lipinski definition) is 1. The van der Waals surface area contributed by atoms with Crippen LogP contribution in [0.1, 0.15) is 26.6 Å². The van der Waals surface area contributed by atoms with Crippen molar-refractivity contribution in [2.45, 2.75) is 32.4 Å². The molecule has 1 unspecified atom stereocenters. The minimum atomic E-state index is -0.828. The first-order chi connectivity index (χ1) is 9.40. The molecule has 0 amide bonds. The maximum atomic E-state index is 6.16. The predicted molar refractivity (Wildman–Crippen MR) is 75.2 cm³/mol. The van der Waals surface area contributed by atoms with Crippen molar-refractivity contribution in [1.29, 1.82) is 0 Å². The zero-order chi connectivity index (χ0) is 14.8. The molecule has 0 aliphatic rings. The van der Waals surface area contributed by atoms with Gasteiger partial charge in [0.15, 0.2) is 5.82 Å². The van der Waals surface area contributed by atoms with E-state index in [-0.39, 0.29) is 6.10 Å². The van der Waals surface area contributed by atoms with Gasteiger partial charge in [0.1, 0.15) is 5.54 Å². The summed E-state index contributed by atoms with van der Waals surface area (Å²) in [4.78, 5) is 8.20. The molecule has 0 fully saturated rings. The number of aromatic nitrogens is 3. The lowest BCUT2D eigenvalue weighted by molar-refractivity contribution is 0.0410. The third-order valence-corrected chi connectivity index (χ3v) is 2.96. The molecular weight excluding hydrogens is 280 g/mol. The van der Waals surface area contributed by atoms with Gasteiger partial charge in [-0.2, -0.15) is 4.98 Å². The Kier molecular flexibility index (Phi) is 4.37. The van der Waals surface area contributed by atoms with Crippen molar-refractivity contribution in [1.82, 2.24) is 15.1 Å². The van der Waals surface area contributed by atoms with Crippen LogP contribution in [0.2, 0.25) is 5.02 Å². The van der Waals surface area contributed by atoms with Gasteiger partial charge < -0.3 is 15.0 Å². The molecule has 0 saturated heterocycles. The molecule has 108 valence electrons. The van der Waals surface area contributed by atoms with Crippen molar-refractivity contribution in [3.63, 3.8) is 0 Å². The van der Waals surface area contributed by atoms with Gasteiger partial charge in [-0.1, -0.05) is 16.8 Å². The van der Waals surface area contributed by atoms with Crippen LogP contribution < -0.4 is 5.73 Å². The Morgan fingerprint density at radius 2 is 2.25 bits per heavy atom. The van der Waals surface area contributed by atoms with Gasteiger partial charge in [-0.05, 0) is 26.8 Å². The first-order valence-corrected chi connectivity index (χ1v) is 6.62. The Bertz CT molecular complexity index is 583. The topological polar surface area (TPSA) is 87.1 Å². The summed E-state index contributed by atoms with van der Waals surface area (Å²) in [5, 5.41) is 4.36. The number of ether oxygens (including phenoxy) is 1. The fourth-order valence-electron chi connectivity index (χ4n) is 1.52. The molecule has 7 heteroatoms. The number of halogens is 1. The normalized spacial score (nSPS) is 14.5. The second-order valence-electron chi connectivity index (χ2n) is 5.06. The second-order valence-corrected chi connectivity index (χ2v) is 5.46. The highest BCUT2D eigenvalue weighted by Crippen LogP contribution is 2.26. The zero-order valence-electron chi connectivity index (χ0n) is 11.6. The fourth-order valence-corrected chi connectivity index (χ4v) is 1.72. The van der Waals surface area contributed by atoms with E-state index < -0.39 is 5.54 Å². The van der Waals surface area contributed by atoms with E-state index in [0.717, 1.165) is 0 Å². The summed E-state index contributed by atoms with van der Waals surface area (Å²) in [7, 11) is 0. The molecule has 0 aliphatic heterocycles. The number of nitrogens with zero attached hydrogens (tertiary/aromatic N) is 3. The van der Waals surface area contributed by atoms with Crippen LogP contribution in [0, 0.1) is 0 Å². The van der Waals surface area contributed by atoms with Gasteiger partial charge >= 0.3 is 0 Å². The molecule has 20 heavy (non-hydrogen) atoms.